The maximum absolute atomic E-state index is 13.1. The number of carboxylic acid groups (broad SMARTS) is 1. The Hall–Kier alpha value is -4.04. The lowest BCUT2D eigenvalue weighted by Crippen LogP contribution is -2.51. The van der Waals surface area contributed by atoms with Gasteiger partial charge < -0.3 is 26.0 Å². The van der Waals surface area contributed by atoms with E-state index in [9.17, 15) is 32.7 Å². The lowest BCUT2D eigenvalue weighted by molar-refractivity contribution is -0.142. The van der Waals surface area contributed by atoms with E-state index in [0.29, 0.717) is 45.2 Å². The average Bonchev–Trinajstić information content (AvgIpc) is 3.74. The van der Waals surface area contributed by atoms with Crippen LogP contribution in [0.25, 0.3) is 0 Å². The largest absolute Gasteiger partial charge is 0.480 e. The van der Waals surface area contributed by atoms with E-state index in [1.807, 2.05) is 6.07 Å². The quantitative estimate of drug-likeness (QED) is 0.250. The molecule has 4 heterocycles. The van der Waals surface area contributed by atoms with Crippen LogP contribution in [0.1, 0.15) is 62.6 Å². The van der Waals surface area contributed by atoms with Crippen LogP contribution in [0.2, 0.25) is 0 Å². The first-order valence-electron chi connectivity index (χ1n) is 16.0. The Kier molecular flexibility index (Phi) is 10.9. The molecular formula is C32H42N6O7S. The van der Waals surface area contributed by atoms with Gasteiger partial charge in [-0.1, -0.05) is 24.3 Å². The summed E-state index contributed by atoms with van der Waals surface area (Å²) < 4.78 is 27.3. The topological polar surface area (TPSA) is 178 Å². The predicted molar refractivity (Wildman–Crippen MR) is 169 cm³/mol. The van der Waals surface area contributed by atoms with E-state index in [0.717, 1.165) is 35.2 Å². The fraction of sp³-hybridized carbons (Fsp3) is 0.531. The number of carboxylic acids is 1. The van der Waals surface area contributed by atoms with Gasteiger partial charge in [0.2, 0.25) is 27.7 Å². The number of fused-ring (bicyclic) bond motifs is 1. The normalized spacial score (nSPS) is 20.4. The number of aliphatic carboxylic acids is 1. The van der Waals surface area contributed by atoms with Gasteiger partial charge in [0.1, 0.15) is 17.9 Å². The number of sulfonamides is 1. The SMILES string of the molecule is O=C(CC[C@@H](NC(=O)[C@@H]1CCCN1S(=O)(=O)c1ccccc1)C(=O)O)N[C@H]1CCN(C(=O)CCCc2ccc3c(n2)NCCC3)C1. The summed E-state index contributed by atoms with van der Waals surface area (Å²) in [6.45, 7) is 1.99. The second kappa shape index (κ2) is 15.0. The first kappa shape index (κ1) is 33.3. The summed E-state index contributed by atoms with van der Waals surface area (Å²) in [5, 5.41) is 18.4. The molecule has 2 saturated heterocycles. The molecule has 14 heteroatoms. The molecule has 46 heavy (non-hydrogen) atoms. The van der Waals surface area contributed by atoms with Gasteiger partial charge in [0.25, 0.3) is 0 Å². The lowest BCUT2D eigenvalue weighted by Gasteiger charge is -2.25. The van der Waals surface area contributed by atoms with E-state index in [4.69, 9.17) is 0 Å². The zero-order chi connectivity index (χ0) is 32.7. The van der Waals surface area contributed by atoms with Crippen molar-refractivity contribution in [2.45, 2.75) is 87.2 Å². The second-order valence-corrected chi connectivity index (χ2v) is 14.0. The molecule has 3 aliphatic heterocycles. The van der Waals surface area contributed by atoms with Gasteiger partial charge in [-0.05, 0) is 75.1 Å². The van der Waals surface area contributed by atoms with Gasteiger partial charge >= 0.3 is 5.97 Å². The number of rotatable bonds is 13. The van der Waals surface area contributed by atoms with E-state index in [-0.39, 0.29) is 48.6 Å². The molecule has 0 unspecified atom stereocenters. The number of pyridine rings is 1. The Bertz CT molecular complexity index is 1540. The fourth-order valence-electron chi connectivity index (χ4n) is 6.31. The standard InChI is InChI=1S/C32H42N6O7S/c39-28(34-24-17-20-37(21-24)29(40)12-4-8-23-14-13-22-7-5-18-33-30(22)35-23)16-15-26(32(42)43)36-31(41)27-11-6-19-38(27)46(44,45)25-9-2-1-3-10-25/h1-3,9-10,13-14,24,26-27H,4-8,11-12,15-21H2,(H,33,35)(H,34,39)(H,36,41)(H,42,43)/t24-,26+,27-/m0/s1. The third kappa shape index (κ3) is 8.21. The summed E-state index contributed by atoms with van der Waals surface area (Å²) in [6.07, 6.45) is 4.92. The van der Waals surface area contributed by atoms with Crippen molar-refractivity contribution in [1.82, 2.24) is 24.8 Å². The number of carbonyl (C=O) groups excluding carboxylic acids is 3. The summed E-state index contributed by atoms with van der Waals surface area (Å²) in [5.74, 6) is -1.41. The number of amides is 3. The van der Waals surface area contributed by atoms with Gasteiger partial charge in [0.15, 0.2) is 0 Å². The number of nitrogens with one attached hydrogen (secondary N) is 3. The van der Waals surface area contributed by atoms with E-state index in [1.165, 1.54) is 17.7 Å². The Morgan fingerprint density at radius 1 is 1.02 bits per heavy atom. The van der Waals surface area contributed by atoms with Gasteiger partial charge in [-0.25, -0.2) is 18.2 Å². The molecule has 248 valence electrons. The first-order valence-corrected chi connectivity index (χ1v) is 17.5. The Morgan fingerprint density at radius 3 is 2.61 bits per heavy atom. The Morgan fingerprint density at radius 2 is 1.83 bits per heavy atom. The van der Waals surface area contributed by atoms with Gasteiger partial charge in [0, 0.05) is 50.8 Å². The van der Waals surface area contributed by atoms with E-state index in [1.54, 1.807) is 23.1 Å². The van der Waals surface area contributed by atoms with Crippen molar-refractivity contribution in [2.75, 3.05) is 31.5 Å². The third-order valence-electron chi connectivity index (χ3n) is 8.81. The zero-order valence-electron chi connectivity index (χ0n) is 25.8. The highest BCUT2D eigenvalue weighted by Gasteiger charge is 2.40. The fourth-order valence-corrected chi connectivity index (χ4v) is 7.99. The minimum absolute atomic E-state index is 0.0247. The minimum Gasteiger partial charge on any atom is -0.480 e. The maximum Gasteiger partial charge on any atom is 0.326 e. The van der Waals surface area contributed by atoms with Crippen LogP contribution in [-0.4, -0.2) is 95.7 Å². The summed E-state index contributed by atoms with van der Waals surface area (Å²) in [7, 11) is -3.93. The van der Waals surface area contributed by atoms with Crippen LogP contribution in [0, 0.1) is 0 Å². The van der Waals surface area contributed by atoms with Crippen LogP contribution in [0.4, 0.5) is 5.82 Å². The molecule has 0 saturated carbocycles. The maximum atomic E-state index is 13.1. The Labute approximate surface area is 269 Å². The van der Waals surface area contributed by atoms with Crippen LogP contribution in [0.5, 0.6) is 0 Å². The molecule has 3 aliphatic rings. The van der Waals surface area contributed by atoms with E-state index < -0.39 is 34.0 Å². The highest BCUT2D eigenvalue weighted by atomic mass is 32.2. The third-order valence-corrected chi connectivity index (χ3v) is 10.7. The van der Waals surface area contributed by atoms with Crippen molar-refractivity contribution in [2.24, 2.45) is 0 Å². The molecule has 13 nitrogen and oxygen atoms in total. The smallest absolute Gasteiger partial charge is 0.326 e. The monoisotopic (exact) mass is 654 g/mol. The first-order chi connectivity index (χ1) is 22.1. The van der Waals surface area contributed by atoms with E-state index >= 15 is 0 Å². The van der Waals surface area contributed by atoms with Gasteiger partial charge in [-0.15, -0.1) is 0 Å². The average molecular weight is 655 g/mol. The van der Waals surface area contributed by atoms with Crippen LogP contribution in [0.3, 0.4) is 0 Å². The molecular weight excluding hydrogens is 612 g/mol. The number of nitrogens with zero attached hydrogens (tertiary/aromatic N) is 3. The molecule has 0 bridgehead atoms. The van der Waals surface area contributed by atoms with Crippen LogP contribution in [0.15, 0.2) is 47.4 Å². The van der Waals surface area contributed by atoms with Crippen molar-refractivity contribution < 1.29 is 32.7 Å². The molecule has 2 fully saturated rings. The van der Waals surface area contributed by atoms with Crippen LogP contribution >= 0.6 is 0 Å². The number of benzene rings is 1. The molecule has 4 N–H and O–H groups in total. The van der Waals surface area contributed by atoms with Crippen molar-refractivity contribution in [3.63, 3.8) is 0 Å². The molecule has 2 aromatic rings. The Balaban J connectivity index is 1.04. The van der Waals surface area contributed by atoms with Crippen molar-refractivity contribution in [1.29, 1.82) is 0 Å². The molecule has 0 radical (unpaired) electrons. The molecule has 5 rings (SSSR count). The van der Waals surface area contributed by atoms with Gasteiger partial charge in [-0.3, -0.25) is 14.4 Å². The number of aryl methyl sites for hydroxylation is 2. The predicted octanol–water partition coefficient (Wildman–Crippen LogP) is 1.68. The number of hydrogen-bond acceptors (Lipinski definition) is 8. The number of likely N-dealkylation sites (tertiary alicyclic amines) is 1. The number of carbonyl (C=O) groups is 4. The second-order valence-electron chi connectivity index (χ2n) is 12.1. The van der Waals surface area contributed by atoms with Crippen molar-refractivity contribution in [3.8, 4) is 0 Å². The lowest BCUT2D eigenvalue weighted by atomic mass is 10.1. The van der Waals surface area contributed by atoms with E-state index in [2.05, 4.69) is 27.0 Å². The summed E-state index contributed by atoms with van der Waals surface area (Å²) in [5.41, 5.74) is 2.19. The summed E-state index contributed by atoms with van der Waals surface area (Å²) in [6, 6.07) is 9.29. The molecule has 3 atom stereocenters. The molecule has 3 amide bonds. The van der Waals surface area contributed by atoms with Crippen LogP contribution < -0.4 is 16.0 Å². The number of aromatic nitrogens is 1. The molecule has 0 aliphatic carbocycles. The molecule has 1 aromatic heterocycles. The number of hydrogen-bond donors (Lipinski definition) is 4. The number of anilines is 1. The summed E-state index contributed by atoms with van der Waals surface area (Å²) in [4.78, 5) is 57.0. The molecule has 0 spiro atoms. The highest BCUT2D eigenvalue weighted by molar-refractivity contribution is 7.89. The molecule has 1 aromatic carbocycles. The van der Waals surface area contributed by atoms with Gasteiger partial charge in [-0.2, -0.15) is 4.31 Å². The van der Waals surface area contributed by atoms with Gasteiger partial charge in [0.05, 0.1) is 4.90 Å². The zero-order valence-corrected chi connectivity index (χ0v) is 26.6. The summed E-state index contributed by atoms with van der Waals surface area (Å²) >= 11 is 0. The minimum atomic E-state index is -3.93. The van der Waals surface area contributed by atoms with Crippen molar-refractivity contribution >= 4 is 39.5 Å². The highest BCUT2D eigenvalue weighted by Crippen LogP contribution is 2.26. The van der Waals surface area contributed by atoms with Crippen molar-refractivity contribution in [3.05, 3.63) is 53.7 Å². The van der Waals surface area contributed by atoms with Crippen LogP contribution in [-0.2, 0) is 42.0 Å².